The lowest BCUT2D eigenvalue weighted by Gasteiger charge is -2.22. The predicted molar refractivity (Wildman–Crippen MR) is 158 cm³/mol. The molecule has 0 bridgehead atoms. The highest BCUT2D eigenvalue weighted by molar-refractivity contribution is 7.80. The highest BCUT2D eigenvalue weighted by Gasteiger charge is 2.10. The van der Waals surface area contributed by atoms with Gasteiger partial charge in [-0.3, -0.25) is 4.18 Å². The van der Waals surface area contributed by atoms with Gasteiger partial charge < -0.3 is 14.4 Å². The van der Waals surface area contributed by atoms with Crippen LogP contribution in [-0.2, 0) is 21.6 Å². The second-order valence-corrected chi connectivity index (χ2v) is 9.65. The van der Waals surface area contributed by atoms with Gasteiger partial charge in [0.15, 0.2) is 12.4 Å². The van der Waals surface area contributed by atoms with Crippen molar-refractivity contribution in [2.75, 3.05) is 43.1 Å². The van der Waals surface area contributed by atoms with Gasteiger partial charge in [-0.15, -0.1) is 5.10 Å². The molecular formula is C29H39N5O4S. The SMILES string of the molecule is CCN(CC)c1ccc(C(=N/N=C/c2cc[n+](C)cc2)c2ccc(N(CC)CC)cc2)cc1.COS(=O)(=O)[O-]. The first-order valence-corrected chi connectivity index (χ1v) is 14.3. The monoisotopic (exact) mass is 553 g/mol. The summed E-state index contributed by atoms with van der Waals surface area (Å²) in [7, 11) is -1.60. The van der Waals surface area contributed by atoms with Crippen LogP contribution in [-0.4, -0.2) is 58.2 Å². The maximum Gasteiger partial charge on any atom is 0.217 e. The first-order valence-electron chi connectivity index (χ1n) is 12.9. The number of pyridine rings is 1. The van der Waals surface area contributed by atoms with Crippen LogP contribution in [0.5, 0.6) is 0 Å². The average molecular weight is 554 g/mol. The lowest BCUT2D eigenvalue weighted by atomic mass is 10.0. The molecule has 0 aliphatic carbocycles. The number of hydrogen-bond acceptors (Lipinski definition) is 8. The van der Waals surface area contributed by atoms with Crippen LogP contribution in [0.3, 0.4) is 0 Å². The van der Waals surface area contributed by atoms with Crippen LogP contribution < -0.4 is 14.4 Å². The molecule has 1 aromatic heterocycles. The van der Waals surface area contributed by atoms with Crippen LogP contribution in [0, 0.1) is 0 Å². The molecule has 0 amide bonds. The van der Waals surface area contributed by atoms with E-state index in [4.69, 9.17) is 0 Å². The van der Waals surface area contributed by atoms with E-state index in [0.717, 1.165) is 55.7 Å². The maximum absolute atomic E-state index is 9.22. The molecule has 3 aromatic rings. The summed E-state index contributed by atoms with van der Waals surface area (Å²) >= 11 is 0. The molecule has 10 heteroatoms. The Hall–Kier alpha value is -3.60. The molecule has 210 valence electrons. The zero-order valence-electron chi connectivity index (χ0n) is 23.6. The number of aryl methyl sites for hydroxylation is 1. The Balaban J connectivity index is 0.000000798. The van der Waals surface area contributed by atoms with Gasteiger partial charge in [-0.1, -0.05) is 24.3 Å². The topological polar surface area (TPSA) is 102 Å². The Morgan fingerprint density at radius 3 is 1.54 bits per heavy atom. The van der Waals surface area contributed by atoms with Gasteiger partial charge in [-0.2, -0.15) is 5.10 Å². The Labute approximate surface area is 233 Å². The van der Waals surface area contributed by atoms with E-state index in [1.54, 1.807) is 6.21 Å². The van der Waals surface area contributed by atoms with Crippen molar-refractivity contribution in [2.45, 2.75) is 27.7 Å². The van der Waals surface area contributed by atoms with Crippen molar-refractivity contribution >= 4 is 33.7 Å². The molecule has 39 heavy (non-hydrogen) atoms. The van der Waals surface area contributed by atoms with E-state index in [1.165, 1.54) is 11.4 Å². The third-order valence-electron chi connectivity index (χ3n) is 6.11. The Morgan fingerprint density at radius 1 is 0.821 bits per heavy atom. The van der Waals surface area contributed by atoms with Crippen molar-refractivity contribution in [3.63, 3.8) is 0 Å². The van der Waals surface area contributed by atoms with Crippen LogP contribution in [0.4, 0.5) is 11.4 Å². The van der Waals surface area contributed by atoms with Crippen LogP contribution >= 0.6 is 0 Å². The summed E-state index contributed by atoms with van der Waals surface area (Å²) in [5.41, 5.74) is 6.44. The number of rotatable bonds is 11. The standard InChI is InChI=1S/C28H36N5.CH4O4S/c1-6-32(7-2)26-14-10-24(11-15-26)28(30-29-22-23-18-20-31(5)21-19-23)25-12-16-27(17-13-25)33(8-3)9-4;1-5-6(2,3)4/h10-22H,6-9H2,1-5H3;1H3,(H,2,3,4)/q+1;/p-1. The molecule has 0 atom stereocenters. The van der Waals surface area contributed by atoms with E-state index >= 15 is 0 Å². The second kappa shape index (κ2) is 15.7. The highest BCUT2D eigenvalue weighted by Crippen LogP contribution is 2.21. The van der Waals surface area contributed by atoms with Crippen LogP contribution in [0.15, 0.2) is 83.3 Å². The van der Waals surface area contributed by atoms with Crippen molar-refractivity contribution in [3.8, 4) is 0 Å². The summed E-state index contributed by atoms with van der Waals surface area (Å²) in [5, 5.41) is 9.10. The molecule has 0 aliphatic heterocycles. The number of nitrogens with zero attached hydrogens (tertiary/aromatic N) is 5. The summed E-state index contributed by atoms with van der Waals surface area (Å²) in [5.74, 6) is 0. The van der Waals surface area contributed by atoms with E-state index in [-0.39, 0.29) is 0 Å². The number of benzene rings is 2. The largest absolute Gasteiger partial charge is 0.726 e. The van der Waals surface area contributed by atoms with Gasteiger partial charge in [0.2, 0.25) is 10.4 Å². The molecule has 0 fully saturated rings. The lowest BCUT2D eigenvalue weighted by Crippen LogP contribution is -2.25. The quantitative estimate of drug-likeness (QED) is 0.116. The van der Waals surface area contributed by atoms with Crippen molar-refractivity contribution in [1.29, 1.82) is 0 Å². The van der Waals surface area contributed by atoms with E-state index in [9.17, 15) is 13.0 Å². The van der Waals surface area contributed by atoms with E-state index in [2.05, 4.69) is 100 Å². The molecule has 0 aliphatic rings. The minimum atomic E-state index is -4.41. The first-order chi connectivity index (χ1) is 18.6. The van der Waals surface area contributed by atoms with Crippen molar-refractivity contribution in [1.82, 2.24) is 0 Å². The molecule has 0 saturated heterocycles. The zero-order chi connectivity index (χ0) is 28.8. The lowest BCUT2D eigenvalue weighted by molar-refractivity contribution is -0.671. The molecule has 1 heterocycles. The van der Waals surface area contributed by atoms with Crippen molar-refractivity contribution < 1.29 is 21.7 Å². The predicted octanol–water partition coefficient (Wildman–Crippen LogP) is 4.17. The molecule has 9 nitrogen and oxygen atoms in total. The van der Waals surface area contributed by atoms with Gasteiger partial charge in [0.25, 0.3) is 0 Å². The van der Waals surface area contributed by atoms with Gasteiger partial charge in [0.1, 0.15) is 12.8 Å². The summed E-state index contributed by atoms with van der Waals surface area (Å²) in [4.78, 5) is 4.68. The fourth-order valence-electron chi connectivity index (χ4n) is 3.87. The van der Waals surface area contributed by atoms with E-state index < -0.39 is 10.4 Å². The minimum Gasteiger partial charge on any atom is -0.726 e. The van der Waals surface area contributed by atoms with E-state index in [0.29, 0.717) is 0 Å². The Bertz CT molecular complexity index is 1240. The summed E-state index contributed by atoms with van der Waals surface area (Å²) in [6.45, 7) is 12.7. The van der Waals surface area contributed by atoms with E-state index in [1.807, 2.05) is 36.1 Å². The van der Waals surface area contributed by atoms with Gasteiger partial charge in [0, 0.05) is 66.4 Å². The molecule has 0 spiro atoms. The summed E-state index contributed by atoms with van der Waals surface area (Å²) < 4.78 is 33.0. The Morgan fingerprint density at radius 2 is 1.21 bits per heavy atom. The van der Waals surface area contributed by atoms with Gasteiger partial charge >= 0.3 is 0 Å². The third kappa shape index (κ3) is 10.2. The first kappa shape index (κ1) is 31.6. The van der Waals surface area contributed by atoms with Crippen LogP contribution in [0.1, 0.15) is 44.4 Å². The van der Waals surface area contributed by atoms with Crippen molar-refractivity contribution in [3.05, 3.63) is 89.7 Å². The fourth-order valence-corrected chi connectivity index (χ4v) is 3.87. The average Bonchev–Trinajstić information content (AvgIpc) is 2.94. The van der Waals surface area contributed by atoms with Crippen LogP contribution in [0.25, 0.3) is 0 Å². The molecule has 0 saturated carbocycles. The molecule has 0 unspecified atom stereocenters. The molecule has 0 radical (unpaired) electrons. The minimum absolute atomic E-state index is 0.808. The highest BCUT2D eigenvalue weighted by atomic mass is 32.3. The summed E-state index contributed by atoms with van der Waals surface area (Å²) in [6, 6.07) is 21.3. The summed E-state index contributed by atoms with van der Waals surface area (Å²) in [6.07, 6.45) is 5.81. The normalized spacial score (nSPS) is 11.1. The maximum atomic E-state index is 9.22. The Kier molecular flexibility index (Phi) is 12.7. The zero-order valence-corrected chi connectivity index (χ0v) is 24.4. The fraction of sp³-hybridized carbons (Fsp3) is 0.345. The van der Waals surface area contributed by atoms with Gasteiger partial charge in [0.05, 0.1) is 13.3 Å². The van der Waals surface area contributed by atoms with Crippen LogP contribution in [0.2, 0.25) is 0 Å². The molecule has 2 aromatic carbocycles. The smallest absolute Gasteiger partial charge is 0.217 e. The number of aromatic nitrogens is 1. The number of anilines is 2. The second-order valence-electron chi connectivity index (χ2n) is 8.50. The molecule has 3 rings (SSSR count). The van der Waals surface area contributed by atoms with Crippen molar-refractivity contribution in [2.24, 2.45) is 17.3 Å². The van der Waals surface area contributed by atoms with Gasteiger partial charge in [-0.25, -0.2) is 13.0 Å². The third-order valence-corrected chi connectivity index (χ3v) is 6.52. The molecule has 0 N–H and O–H groups in total. The number of hydrogen-bond donors (Lipinski definition) is 0. The van der Waals surface area contributed by atoms with Gasteiger partial charge in [-0.05, 0) is 52.0 Å². The molecular weight excluding hydrogens is 514 g/mol.